The van der Waals surface area contributed by atoms with Crippen LogP contribution in [0, 0.1) is 5.92 Å². The van der Waals surface area contributed by atoms with Crippen LogP contribution in [0.25, 0.3) is 11.0 Å². The summed E-state index contributed by atoms with van der Waals surface area (Å²) in [6.07, 6.45) is 1.16. The number of halogens is 1. The fourth-order valence-electron chi connectivity index (χ4n) is 2.90. The van der Waals surface area contributed by atoms with Gasteiger partial charge in [0.25, 0.3) is 0 Å². The normalized spacial score (nSPS) is 24.2. The molecule has 1 aromatic carbocycles. The van der Waals surface area contributed by atoms with Crippen molar-refractivity contribution < 1.29 is 0 Å². The SMILES string of the molecule is CC(C)C1(c2nc3ccc(Br)cc3[nH]2)CCNC1. The monoisotopic (exact) mass is 307 g/mol. The molecule has 4 heteroatoms. The van der Waals surface area contributed by atoms with Crippen molar-refractivity contribution in [1.29, 1.82) is 0 Å². The molecule has 96 valence electrons. The number of aromatic amines is 1. The molecule has 0 saturated carbocycles. The summed E-state index contributed by atoms with van der Waals surface area (Å²) in [5.41, 5.74) is 2.33. The predicted octanol–water partition coefficient (Wildman–Crippen LogP) is 3.21. The molecule has 0 bridgehead atoms. The van der Waals surface area contributed by atoms with Gasteiger partial charge in [-0.1, -0.05) is 29.8 Å². The van der Waals surface area contributed by atoms with E-state index in [0.717, 1.165) is 40.8 Å². The molecule has 2 N–H and O–H groups in total. The van der Waals surface area contributed by atoms with Gasteiger partial charge in [-0.2, -0.15) is 0 Å². The van der Waals surface area contributed by atoms with Crippen molar-refractivity contribution in [3.63, 3.8) is 0 Å². The van der Waals surface area contributed by atoms with E-state index < -0.39 is 0 Å². The van der Waals surface area contributed by atoms with E-state index in [2.05, 4.69) is 52.2 Å². The quantitative estimate of drug-likeness (QED) is 0.894. The smallest absolute Gasteiger partial charge is 0.115 e. The third kappa shape index (κ3) is 1.79. The van der Waals surface area contributed by atoms with Crippen molar-refractivity contribution in [2.45, 2.75) is 25.7 Å². The van der Waals surface area contributed by atoms with Crippen LogP contribution in [0.2, 0.25) is 0 Å². The van der Waals surface area contributed by atoms with Gasteiger partial charge in [-0.15, -0.1) is 0 Å². The van der Waals surface area contributed by atoms with Crippen LogP contribution in [0.4, 0.5) is 0 Å². The molecule has 0 amide bonds. The van der Waals surface area contributed by atoms with Crippen LogP contribution in [-0.2, 0) is 5.41 Å². The highest BCUT2D eigenvalue weighted by atomic mass is 79.9. The summed E-state index contributed by atoms with van der Waals surface area (Å²) >= 11 is 3.51. The van der Waals surface area contributed by atoms with Gasteiger partial charge in [0.05, 0.1) is 11.0 Å². The van der Waals surface area contributed by atoms with Gasteiger partial charge in [0.15, 0.2) is 0 Å². The Morgan fingerprint density at radius 1 is 1.39 bits per heavy atom. The lowest BCUT2D eigenvalue weighted by Crippen LogP contribution is -2.35. The zero-order chi connectivity index (χ0) is 12.8. The molecule has 0 radical (unpaired) electrons. The number of hydrogen-bond donors (Lipinski definition) is 2. The predicted molar refractivity (Wildman–Crippen MR) is 77.8 cm³/mol. The van der Waals surface area contributed by atoms with E-state index in [1.165, 1.54) is 0 Å². The molecule has 1 unspecified atom stereocenters. The lowest BCUT2D eigenvalue weighted by Gasteiger charge is -2.30. The van der Waals surface area contributed by atoms with Crippen LogP contribution >= 0.6 is 15.9 Å². The molecule has 0 aliphatic carbocycles. The number of rotatable bonds is 2. The number of benzene rings is 1. The molecular weight excluding hydrogens is 290 g/mol. The number of H-pyrrole nitrogens is 1. The molecule has 1 saturated heterocycles. The first kappa shape index (κ1) is 12.2. The maximum absolute atomic E-state index is 4.81. The number of nitrogens with zero attached hydrogens (tertiary/aromatic N) is 1. The Labute approximate surface area is 116 Å². The Balaban J connectivity index is 2.12. The first-order valence-corrected chi connectivity index (χ1v) is 7.27. The highest BCUT2D eigenvalue weighted by Crippen LogP contribution is 2.37. The lowest BCUT2D eigenvalue weighted by molar-refractivity contribution is 0.321. The fourth-order valence-corrected chi connectivity index (χ4v) is 3.26. The molecule has 1 aromatic heterocycles. The van der Waals surface area contributed by atoms with E-state index in [1.54, 1.807) is 0 Å². The van der Waals surface area contributed by atoms with Gasteiger partial charge in [0, 0.05) is 16.4 Å². The minimum atomic E-state index is 0.158. The summed E-state index contributed by atoms with van der Waals surface area (Å²) in [5.74, 6) is 1.71. The van der Waals surface area contributed by atoms with Crippen LogP contribution < -0.4 is 5.32 Å². The van der Waals surface area contributed by atoms with E-state index in [1.807, 2.05) is 6.07 Å². The summed E-state index contributed by atoms with van der Waals surface area (Å²) in [6.45, 7) is 6.68. The van der Waals surface area contributed by atoms with Gasteiger partial charge in [0.2, 0.25) is 0 Å². The zero-order valence-corrected chi connectivity index (χ0v) is 12.3. The summed E-state index contributed by atoms with van der Waals surface area (Å²) in [4.78, 5) is 8.33. The second-order valence-electron chi connectivity index (χ2n) is 5.48. The third-order valence-electron chi connectivity index (χ3n) is 4.21. The summed E-state index contributed by atoms with van der Waals surface area (Å²) in [5, 5.41) is 3.48. The summed E-state index contributed by atoms with van der Waals surface area (Å²) in [6, 6.07) is 6.21. The first-order chi connectivity index (χ1) is 8.62. The molecule has 3 nitrogen and oxygen atoms in total. The largest absolute Gasteiger partial charge is 0.341 e. The third-order valence-corrected chi connectivity index (χ3v) is 4.70. The second-order valence-corrected chi connectivity index (χ2v) is 6.40. The van der Waals surface area contributed by atoms with Crippen molar-refractivity contribution in [3.05, 3.63) is 28.5 Å². The number of nitrogens with one attached hydrogen (secondary N) is 2. The average Bonchev–Trinajstić information content (AvgIpc) is 2.94. The number of hydrogen-bond acceptors (Lipinski definition) is 2. The molecular formula is C14H18BrN3. The lowest BCUT2D eigenvalue weighted by atomic mass is 9.76. The van der Waals surface area contributed by atoms with Gasteiger partial charge in [-0.25, -0.2) is 4.98 Å². The Morgan fingerprint density at radius 2 is 2.22 bits per heavy atom. The van der Waals surface area contributed by atoms with Crippen molar-refractivity contribution in [1.82, 2.24) is 15.3 Å². The standard InChI is InChI=1S/C14H18BrN3/c1-9(2)14(5-6-16-8-14)13-17-11-4-3-10(15)7-12(11)18-13/h3-4,7,9,16H,5-6,8H2,1-2H3,(H,17,18). The fraction of sp³-hybridized carbons (Fsp3) is 0.500. The molecule has 1 fully saturated rings. The van der Waals surface area contributed by atoms with Gasteiger partial charge >= 0.3 is 0 Å². The highest BCUT2D eigenvalue weighted by Gasteiger charge is 2.41. The van der Waals surface area contributed by atoms with Crippen molar-refractivity contribution in [2.24, 2.45) is 5.92 Å². The first-order valence-electron chi connectivity index (χ1n) is 6.48. The topological polar surface area (TPSA) is 40.7 Å². The van der Waals surface area contributed by atoms with Crippen LogP contribution in [0.15, 0.2) is 22.7 Å². The summed E-state index contributed by atoms with van der Waals surface area (Å²) < 4.78 is 1.09. The Hall–Kier alpha value is -0.870. The molecule has 2 aromatic rings. The Bertz CT molecular complexity index is 567. The van der Waals surface area contributed by atoms with Crippen molar-refractivity contribution >= 4 is 27.0 Å². The van der Waals surface area contributed by atoms with E-state index in [-0.39, 0.29) is 5.41 Å². The molecule has 1 aliphatic rings. The highest BCUT2D eigenvalue weighted by molar-refractivity contribution is 9.10. The van der Waals surface area contributed by atoms with E-state index in [9.17, 15) is 0 Å². The van der Waals surface area contributed by atoms with Gasteiger partial charge in [0.1, 0.15) is 5.82 Å². The van der Waals surface area contributed by atoms with Gasteiger partial charge < -0.3 is 10.3 Å². The van der Waals surface area contributed by atoms with E-state index >= 15 is 0 Å². The Kier molecular flexibility index (Phi) is 2.94. The molecule has 0 spiro atoms. The number of imidazole rings is 1. The number of aromatic nitrogens is 2. The van der Waals surface area contributed by atoms with Crippen molar-refractivity contribution in [3.8, 4) is 0 Å². The maximum atomic E-state index is 4.81. The molecule has 3 rings (SSSR count). The van der Waals surface area contributed by atoms with E-state index in [4.69, 9.17) is 4.98 Å². The minimum absolute atomic E-state index is 0.158. The molecule has 18 heavy (non-hydrogen) atoms. The van der Waals surface area contributed by atoms with Crippen LogP contribution in [0.3, 0.4) is 0 Å². The summed E-state index contributed by atoms with van der Waals surface area (Å²) in [7, 11) is 0. The minimum Gasteiger partial charge on any atom is -0.341 e. The zero-order valence-electron chi connectivity index (χ0n) is 10.8. The van der Waals surface area contributed by atoms with Crippen LogP contribution in [0.5, 0.6) is 0 Å². The van der Waals surface area contributed by atoms with Gasteiger partial charge in [-0.3, -0.25) is 0 Å². The number of fused-ring (bicyclic) bond motifs is 1. The van der Waals surface area contributed by atoms with Crippen molar-refractivity contribution in [2.75, 3.05) is 13.1 Å². The van der Waals surface area contributed by atoms with Crippen LogP contribution in [-0.4, -0.2) is 23.1 Å². The van der Waals surface area contributed by atoms with Crippen LogP contribution in [0.1, 0.15) is 26.1 Å². The second kappa shape index (κ2) is 4.35. The molecule has 2 heterocycles. The Morgan fingerprint density at radius 3 is 2.89 bits per heavy atom. The van der Waals surface area contributed by atoms with E-state index in [0.29, 0.717) is 5.92 Å². The average molecular weight is 308 g/mol. The molecule has 1 atom stereocenters. The maximum Gasteiger partial charge on any atom is 0.115 e. The van der Waals surface area contributed by atoms with Gasteiger partial charge in [-0.05, 0) is 37.1 Å². The molecule has 1 aliphatic heterocycles.